The Morgan fingerprint density at radius 1 is 0.458 bits per heavy atom. The molecule has 3 aromatic rings. The third-order valence-electron chi connectivity index (χ3n) is 4.11. The van der Waals surface area contributed by atoms with Crippen molar-refractivity contribution in [3.05, 3.63) is 108 Å². The van der Waals surface area contributed by atoms with E-state index in [1.165, 1.54) is 16.7 Å². The van der Waals surface area contributed by atoms with Gasteiger partial charge < -0.3 is 0 Å². The van der Waals surface area contributed by atoms with Gasteiger partial charge in [-0.15, -0.1) is 0 Å². The van der Waals surface area contributed by atoms with Gasteiger partial charge in [-0.25, -0.2) is 0 Å². The van der Waals surface area contributed by atoms with Gasteiger partial charge in [-0.1, -0.05) is 0 Å². The quantitative estimate of drug-likeness (QED) is 0.327. The Morgan fingerprint density at radius 2 is 0.708 bits per heavy atom. The molecular weight excluding hydrogens is 443 g/mol. The van der Waals surface area contributed by atoms with Crippen molar-refractivity contribution in [1.29, 1.82) is 0 Å². The maximum absolute atomic E-state index is 4.25. The molecule has 3 rings (SSSR count). The minimum absolute atomic E-state index is 1.02. The molecule has 0 atom stereocenters. The van der Waals surface area contributed by atoms with Gasteiger partial charge in [0.2, 0.25) is 0 Å². The maximum atomic E-state index is 4.25. The van der Waals surface area contributed by atoms with Crippen LogP contribution >= 0.6 is 35.0 Å². The second kappa shape index (κ2) is 7.52. The number of hydrogen-bond acceptors (Lipinski definition) is 0. The van der Waals surface area contributed by atoms with Crippen LogP contribution in [-0.2, 0) is 18.5 Å². The van der Waals surface area contributed by atoms with Crippen LogP contribution in [0.4, 0.5) is 0 Å². The molecule has 0 aliphatic rings. The van der Waals surface area contributed by atoms with Gasteiger partial charge in [-0.3, -0.25) is 0 Å². The van der Waals surface area contributed by atoms with Crippen LogP contribution in [0, 0.1) is 0 Å². The van der Waals surface area contributed by atoms with Gasteiger partial charge in [-0.05, 0) is 0 Å². The summed E-state index contributed by atoms with van der Waals surface area (Å²) < 4.78 is -2.34. The monoisotopic (exact) mass is 462 g/mol. The summed E-state index contributed by atoms with van der Waals surface area (Å²) >= 11 is 8.49. The van der Waals surface area contributed by atoms with E-state index < -0.39 is 4.01 Å². The molecule has 0 spiro atoms. The summed E-state index contributed by atoms with van der Waals surface area (Å²) in [4.78, 5) is 0. The van der Waals surface area contributed by atoms with Gasteiger partial charge in [-0.2, -0.15) is 0 Å². The molecule has 0 aliphatic heterocycles. The molecule has 0 saturated carbocycles. The van der Waals surface area contributed by atoms with E-state index in [1.54, 1.807) is 0 Å². The topological polar surface area (TPSA) is 0 Å². The molecule has 0 nitrogen and oxygen atoms in total. The van der Waals surface area contributed by atoms with Crippen LogP contribution in [0.2, 0.25) is 0 Å². The van der Waals surface area contributed by atoms with Crippen LogP contribution in [0.3, 0.4) is 0 Å². The first kappa shape index (κ1) is 17.9. The van der Waals surface area contributed by atoms with Gasteiger partial charge in [0, 0.05) is 0 Å². The number of benzene rings is 3. The van der Waals surface area contributed by atoms with Crippen LogP contribution < -0.4 is 0 Å². The Morgan fingerprint density at radius 3 is 0.958 bits per heavy atom. The van der Waals surface area contributed by atoms with E-state index in [-0.39, 0.29) is 0 Å². The first-order valence-electron chi connectivity index (χ1n) is 8.08. The molecule has 0 fully saturated rings. The second-order valence-electron chi connectivity index (χ2n) is 6.38. The van der Waals surface area contributed by atoms with Crippen molar-refractivity contribution in [3.8, 4) is 0 Å². The average molecular weight is 464 g/mol. The minimum atomic E-state index is -2.34. The predicted octanol–water partition coefficient (Wildman–Crippen LogP) is 7.76. The van der Waals surface area contributed by atoms with Crippen LogP contribution in [0.15, 0.2) is 91.0 Å². The average Bonchev–Trinajstić information content (AvgIpc) is 2.56. The summed E-state index contributed by atoms with van der Waals surface area (Å²) in [5.74, 6) is 0. The fourth-order valence-electron chi connectivity index (χ4n) is 3.11. The zero-order valence-corrected chi connectivity index (χ0v) is 17.6. The van der Waals surface area contributed by atoms with E-state index in [4.69, 9.17) is 0 Å². The molecule has 0 saturated heterocycles. The molecule has 24 heavy (non-hydrogen) atoms. The summed E-state index contributed by atoms with van der Waals surface area (Å²) in [6.45, 7) is 0. The molecule has 0 aliphatic carbocycles. The molecule has 0 amide bonds. The molecule has 3 aromatic carbocycles. The van der Waals surface area contributed by atoms with E-state index in [0.29, 0.717) is 0 Å². The number of halogens is 2. The third-order valence-corrected chi connectivity index (χ3v) is 11.8. The Balaban J connectivity index is 1.95. The standard InChI is InChI=1S/C21H21Br2P/c22-24(23,16-19-10-4-1-5-11-19,17-20-12-6-2-7-13-20)18-21-14-8-3-9-15-21/h1-15H,16-18H2. The summed E-state index contributed by atoms with van der Waals surface area (Å²) in [6.07, 6.45) is 3.07. The summed E-state index contributed by atoms with van der Waals surface area (Å²) in [5.41, 5.74) is 4.11. The zero-order chi connectivity index (χ0) is 16.9. The summed E-state index contributed by atoms with van der Waals surface area (Å²) in [5, 5.41) is 0. The fraction of sp³-hybridized carbons (Fsp3) is 0.143. The van der Waals surface area contributed by atoms with Gasteiger partial charge in [0.1, 0.15) is 0 Å². The number of hydrogen-bond donors (Lipinski definition) is 0. The Kier molecular flexibility index (Phi) is 5.59. The van der Waals surface area contributed by atoms with Crippen molar-refractivity contribution in [2.24, 2.45) is 0 Å². The first-order chi connectivity index (χ1) is 11.5. The third kappa shape index (κ3) is 5.02. The number of rotatable bonds is 6. The molecular formula is C21H21Br2P. The van der Waals surface area contributed by atoms with E-state index in [0.717, 1.165) is 18.5 Å². The van der Waals surface area contributed by atoms with E-state index in [2.05, 4.69) is 122 Å². The molecule has 0 radical (unpaired) electrons. The van der Waals surface area contributed by atoms with E-state index in [9.17, 15) is 0 Å². The molecule has 0 bridgehead atoms. The van der Waals surface area contributed by atoms with Crippen LogP contribution in [0.25, 0.3) is 0 Å². The molecule has 0 unspecified atom stereocenters. The Hall–Kier alpha value is -0.950. The van der Waals surface area contributed by atoms with E-state index in [1.807, 2.05) is 0 Å². The molecule has 0 aromatic heterocycles. The van der Waals surface area contributed by atoms with Gasteiger partial charge in [0.15, 0.2) is 0 Å². The summed E-state index contributed by atoms with van der Waals surface area (Å²) in [6, 6.07) is 32.3. The first-order valence-corrected chi connectivity index (χ1v) is 14.9. The Labute approximate surface area is 160 Å². The van der Waals surface area contributed by atoms with Gasteiger partial charge in [0.05, 0.1) is 0 Å². The van der Waals surface area contributed by atoms with Crippen LogP contribution in [-0.4, -0.2) is 0 Å². The van der Waals surface area contributed by atoms with E-state index >= 15 is 0 Å². The van der Waals surface area contributed by atoms with Crippen molar-refractivity contribution < 1.29 is 0 Å². The van der Waals surface area contributed by atoms with Gasteiger partial charge >= 0.3 is 161 Å². The molecule has 0 heterocycles. The summed E-state index contributed by atoms with van der Waals surface area (Å²) in [7, 11) is 0. The Bertz CT molecular complexity index is 663. The van der Waals surface area contributed by atoms with Crippen molar-refractivity contribution in [2.45, 2.75) is 18.5 Å². The van der Waals surface area contributed by atoms with Gasteiger partial charge in [0.25, 0.3) is 0 Å². The van der Waals surface area contributed by atoms with Crippen molar-refractivity contribution in [2.75, 3.05) is 0 Å². The molecule has 124 valence electrons. The SMILES string of the molecule is BrP(Br)(Cc1ccccc1)(Cc1ccccc1)Cc1ccccc1. The molecule has 3 heteroatoms. The van der Waals surface area contributed by atoms with Crippen LogP contribution in [0.1, 0.15) is 16.7 Å². The fourth-order valence-corrected chi connectivity index (χ4v) is 11.7. The second-order valence-corrected chi connectivity index (χ2v) is 24.2. The molecule has 0 N–H and O–H groups in total. The van der Waals surface area contributed by atoms with Crippen molar-refractivity contribution in [1.82, 2.24) is 0 Å². The normalized spacial score (nSPS) is 13.2. The van der Waals surface area contributed by atoms with Crippen LogP contribution in [0.5, 0.6) is 0 Å². The van der Waals surface area contributed by atoms with Crippen molar-refractivity contribution in [3.63, 3.8) is 0 Å². The van der Waals surface area contributed by atoms with Crippen molar-refractivity contribution >= 4 is 35.0 Å². The predicted molar refractivity (Wildman–Crippen MR) is 115 cm³/mol. The zero-order valence-electron chi connectivity index (χ0n) is 13.5.